The first-order chi connectivity index (χ1) is 9.22. The number of nitrogens with one attached hydrogen (secondary N) is 1. The molecule has 2 aromatic carbocycles. The van der Waals surface area contributed by atoms with Crippen LogP contribution in [0.5, 0.6) is 5.75 Å². The van der Waals surface area contributed by atoms with Crippen LogP contribution in [0.4, 0.5) is 4.39 Å². The van der Waals surface area contributed by atoms with Crippen LogP contribution in [0.25, 0.3) is 0 Å². The van der Waals surface area contributed by atoms with Crippen molar-refractivity contribution < 1.29 is 9.13 Å². The molecule has 0 saturated carbocycles. The van der Waals surface area contributed by atoms with Gasteiger partial charge in [0.05, 0.1) is 0 Å². The first kappa shape index (κ1) is 13.6. The minimum absolute atomic E-state index is 0.0908. The molecule has 0 aliphatic heterocycles. The van der Waals surface area contributed by atoms with Crippen molar-refractivity contribution in [2.75, 3.05) is 7.05 Å². The van der Waals surface area contributed by atoms with Crippen LogP contribution in [-0.4, -0.2) is 7.05 Å². The summed E-state index contributed by atoms with van der Waals surface area (Å²) in [6, 6.07) is 14.7. The molecule has 3 heteroatoms. The average Bonchev–Trinajstić information content (AvgIpc) is 2.45. The molecule has 0 aliphatic carbocycles. The molecule has 0 aliphatic rings. The number of benzene rings is 2. The van der Waals surface area contributed by atoms with E-state index in [0.29, 0.717) is 17.9 Å². The highest BCUT2D eigenvalue weighted by Crippen LogP contribution is 2.28. The topological polar surface area (TPSA) is 21.3 Å². The minimum Gasteiger partial charge on any atom is -0.488 e. The zero-order chi connectivity index (χ0) is 13.7. The van der Waals surface area contributed by atoms with Gasteiger partial charge >= 0.3 is 0 Å². The summed E-state index contributed by atoms with van der Waals surface area (Å²) >= 11 is 0. The standard InChI is InChI=1S/C16H18FNO/c1-12(18-2)16-14(17)9-6-10-15(16)19-11-13-7-4-3-5-8-13/h3-10,12,18H,11H2,1-2H3. The van der Waals surface area contributed by atoms with E-state index in [2.05, 4.69) is 5.32 Å². The van der Waals surface area contributed by atoms with Crippen molar-refractivity contribution in [2.24, 2.45) is 0 Å². The van der Waals surface area contributed by atoms with E-state index in [-0.39, 0.29) is 11.9 Å². The summed E-state index contributed by atoms with van der Waals surface area (Å²) in [5.74, 6) is 0.345. The van der Waals surface area contributed by atoms with Gasteiger partial charge in [0, 0.05) is 11.6 Å². The summed E-state index contributed by atoms with van der Waals surface area (Å²) in [7, 11) is 1.80. The van der Waals surface area contributed by atoms with Crippen LogP contribution in [-0.2, 0) is 6.61 Å². The van der Waals surface area contributed by atoms with Gasteiger partial charge in [-0.3, -0.25) is 0 Å². The molecule has 2 rings (SSSR count). The van der Waals surface area contributed by atoms with Gasteiger partial charge in [-0.25, -0.2) is 4.39 Å². The Bertz CT molecular complexity index is 528. The largest absolute Gasteiger partial charge is 0.488 e. The van der Waals surface area contributed by atoms with Gasteiger partial charge in [-0.15, -0.1) is 0 Å². The third-order valence-corrected chi connectivity index (χ3v) is 3.12. The maximum atomic E-state index is 13.9. The molecule has 19 heavy (non-hydrogen) atoms. The molecule has 2 aromatic rings. The molecular formula is C16H18FNO. The van der Waals surface area contributed by atoms with Gasteiger partial charge in [0.1, 0.15) is 18.2 Å². The molecule has 1 atom stereocenters. The molecular weight excluding hydrogens is 241 g/mol. The van der Waals surface area contributed by atoms with Crippen molar-refractivity contribution in [1.82, 2.24) is 5.32 Å². The molecule has 1 unspecified atom stereocenters. The van der Waals surface area contributed by atoms with Gasteiger partial charge in [0.25, 0.3) is 0 Å². The molecule has 0 saturated heterocycles. The lowest BCUT2D eigenvalue weighted by atomic mass is 10.1. The Morgan fingerprint density at radius 3 is 2.53 bits per heavy atom. The fraction of sp³-hybridized carbons (Fsp3) is 0.250. The van der Waals surface area contributed by atoms with Crippen LogP contribution in [0.2, 0.25) is 0 Å². The Kier molecular flexibility index (Phi) is 4.53. The van der Waals surface area contributed by atoms with Crippen LogP contribution in [0.3, 0.4) is 0 Å². The zero-order valence-corrected chi connectivity index (χ0v) is 11.2. The third-order valence-electron chi connectivity index (χ3n) is 3.12. The van der Waals surface area contributed by atoms with Gasteiger partial charge in [-0.05, 0) is 31.7 Å². The number of ether oxygens (including phenoxy) is 1. The SMILES string of the molecule is CNC(C)c1c(F)cccc1OCc1ccccc1. The van der Waals surface area contributed by atoms with Gasteiger partial charge in [-0.1, -0.05) is 36.4 Å². The average molecular weight is 259 g/mol. The Morgan fingerprint density at radius 2 is 1.84 bits per heavy atom. The van der Waals surface area contributed by atoms with Crippen molar-refractivity contribution in [1.29, 1.82) is 0 Å². The number of hydrogen-bond acceptors (Lipinski definition) is 2. The lowest BCUT2D eigenvalue weighted by molar-refractivity contribution is 0.297. The Labute approximate surface area is 113 Å². The number of rotatable bonds is 5. The van der Waals surface area contributed by atoms with Crippen LogP contribution in [0.15, 0.2) is 48.5 Å². The zero-order valence-electron chi connectivity index (χ0n) is 11.2. The highest BCUT2D eigenvalue weighted by molar-refractivity contribution is 5.37. The maximum absolute atomic E-state index is 13.9. The molecule has 0 amide bonds. The van der Waals surface area contributed by atoms with E-state index >= 15 is 0 Å². The Morgan fingerprint density at radius 1 is 1.11 bits per heavy atom. The maximum Gasteiger partial charge on any atom is 0.131 e. The highest BCUT2D eigenvalue weighted by atomic mass is 19.1. The summed E-state index contributed by atoms with van der Waals surface area (Å²) < 4.78 is 19.6. The van der Waals surface area contributed by atoms with Crippen LogP contribution >= 0.6 is 0 Å². The second-order valence-corrected chi connectivity index (χ2v) is 4.44. The minimum atomic E-state index is -0.243. The van der Waals surface area contributed by atoms with Crippen molar-refractivity contribution in [2.45, 2.75) is 19.6 Å². The van der Waals surface area contributed by atoms with Crippen molar-refractivity contribution in [3.63, 3.8) is 0 Å². The van der Waals surface area contributed by atoms with E-state index < -0.39 is 0 Å². The molecule has 100 valence electrons. The van der Waals surface area contributed by atoms with E-state index in [0.717, 1.165) is 5.56 Å². The lowest BCUT2D eigenvalue weighted by Gasteiger charge is -2.17. The molecule has 0 bridgehead atoms. The first-order valence-corrected chi connectivity index (χ1v) is 6.34. The van der Waals surface area contributed by atoms with Crippen LogP contribution in [0.1, 0.15) is 24.1 Å². The second kappa shape index (κ2) is 6.34. The van der Waals surface area contributed by atoms with Crippen molar-refractivity contribution >= 4 is 0 Å². The fourth-order valence-electron chi connectivity index (χ4n) is 1.94. The molecule has 0 spiro atoms. The molecule has 2 nitrogen and oxygen atoms in total. The van der Waals surface area contributed by atoms with Gasteiger partial charge < -0.3 is 10.1 Å². The number of halogens is 1. The van der Waals surface area contributed by atoms with E-state index in [1.807, 2.05) is 37.3 Å². The summed E-state index contributed by atoms with van der Waals surface area (Å²) in [6.07, 6.45) is 0. The highest BCUT2D eigenvalue weighted by Gasteiger charge is 2.15. The van der Waals surface area contributed by atoms with Crippen LogP contribution < -0.4 is 10.1 Å². The monoisotopic (exact) mass is 259 g/mol. The Balaban J connectivity index is 2.18. The third kappa shape index (κ3) is 3.32. The van der Waals surface area contributed by atoms with E-state index in [9.17, 15) is 4.39 Å². The summed E-state index contributed by atoms with van der Waals surface area (Å²) in [6.45, 7) is 2.35. The van der Waals surface area contributed by atoms with Gasteiger partial charge in [0.15, 0.2) is 0 Å². The van der Waals surface area contributed by atoms with Crippen molar-refractivity contribution in [3.8, 4) is 5.75 Å². The quantitative estimate of drug-likeness (QED) is 0.884. The van der Waals surface area contributed by atoms with Gasteiger partial charge in [0.2, 0.25) is 0 Å². The molecule has 0 radical (unpaired) electrons. The molecule has 0 heterocycles. The Hall–Kier alpha value is -1.87. The van der Waals surface area contributed by atoms with Crippen LogP contribution in [0, 0.1) is 5.82 Å². The smallest absolute Gasteiger partial charge is 0.131 e. The van der Waals surface area contributed by atoms with Gasteiger partial charge in [-0.2, -0.15) is 0 Å². The first-order valence-electron chi connectivity index (χ1n) is 6.34. The summed E-state index contributed by atoms with van der Waals surface area (Å²) in [5.41, 5.74) is 1.63. The molecule has 0 aromatic heterocycles. The number of hydrogen-bond donors (Lipinski definition) is 1. The molecule has 1 N–H and O–H groups in total. The fourth-order valence-corrected chi connectivity index (χ4v) is 1.94. The second-order valence-electron chi connectivity index (χ2n) is 4.44. The predicted molar refractivity (Wildman–Crippen MR) is 74.6 cm³/mol. The van der Waals surface area contributed by atoms with E-state index in [1.165, 1.54) is 6.07 Å². The molecule has 0 fully saturated rings. The summed E-state index contributed by atoms with van der Waals surface area (Å²) in [5, 5.41) is 3.04. The summed E-state index contributed by atoms with van der Waals surface area (Å²) in [4.78, 5) is 0. The van der Waals surface area contributed by atoms with E-state index in [4.69, 9.17) is 4.74 Å². The normalized spacial score (nSPS) is 12.2. The van der Waals surface area contributed by atoms with Crippen molar-refractivity contribution in [3.05, 3.63) is 65.5 Å². The predicted octanol–water partition coefficient (Wildman–Crippen LogP) is 3.69. The van der Waals surface area contributed by atoms with E-state index in [1.54, 1.807) is 19.2 Å². The lowest BCUT2D eigenvalue weighted by Crippen LogP contribution is -2.15.